The third kappa shape index (κ3) is 4.11. The summed E-state index contributed by atoms with van der Waals surface area (Å²) in [5, 5.41) is 0. The number of anilines is 2. The van der Waals surface area contributed by atoms with Crippen LogP contribution < -0.4 is 10.6 Å². The third-order valence-electron chi connectivity index (χ3n) is 6.77. The van der Waals surface area contributed by atoms with Crippen molar-refractivity contribution in [3.8, 4) is 5.69 Å². The molecule has 9 nitrogen and oxygen atoms in total. The number of aldehydes is 1. The Hall–Kier alpha value is -3.56. The summed E-state index contributed by atoms with van der Waals surface area (Å²) >= 11 is 0. The summed E-state index contributed by atoms with van der Waals surface area (Å²) in [6.45, 7) is 4.05. The molecule has 2 N–H and O–H groups in total. The first-order chi connectivity index (χ1) is 17.0. The zero-order valence-electron chi connectivity index (χ0n) is 20.0. The van der Waals surface area contributed by atoms with Crippen molar-refractivity contribution in [3.05, 3.63) is 64.4 Å². The van der Waals surface area contributed by atoms with Gasteiger partial charge in [-0.1, -0.05) is 13.0 Å². The van der Waals surface area contributed by atoms with E-state index in [-0.39, 0.29) is 18.4 Å². The number of aromatic nitrogens is 3. The van der Waals surface area contributed by atoms with Gasteiger partial charge in [-0.05, 0) is 48.1 Å². The highest BCUT2D eigenvalue weighted by molar-refractivity contribution is 6.08. The summed E-state index contributed by atoms with van der Waals surface area (Å²) < 4.78 is 12.7. The van der Waals surface area contributed by atoms with Crippen molar-refractivity contribution in [1.29, 1.82) is 0 Å². The predicted molar refractivity (Wildman–Crippen MR) is 131 cm³/mol. The molecule has 0 radical (unpaired) electrons. The number of aryl methyl sites for hydroxylation is 1. The number of imidazole rings is 1. The smallest absolute Gasteiger partial charge is 0.259 e. The minimum absolute atomic E-state index is 0.0653. The quantitative estimate of drug-likeness (QED) is 0.413. The Balaban J connectivity index is 1.57. The second-order valence-corrected chi connectivity index (χ2v) is 8.94. The minimum atomic E-state index is -0.170. The fourth-order valence-electron chi connectivity index (χ4n) is 4.92. The zero-order valence-corrected chi connectivity index (χ0v) is 20.0. The van der Waals surface area contributed by atoms with Gasteiger partial charge < -0.3 is 15.2 Å². The van der Waals surface area contributed by atoms with Gasteiger partial charge in [-0.3, -0.25) is 19.1 Å². The van der Waals surface area contributed by atoms with Crippen LogP contribution in [0, 0.1) is 0 Å². The minimum Gasteiger partial charge on any atom is -0.397 e. The first-order valence-electron chi connectivity index (χ1n) is 11.9. The normalized spacial score (nSPS) is 17.1. The number of carbonyl (C=O) groups excluding carboxylic acids is 2. The van der Waals surface area contributed by atoms with E-state index in [4.69, 9.17) is 15.2 Å². The maximum atomic E-state index is 13.7. The second-order valence-electron chi connectivity index (χ2n) is 8.94. The van der Waals surface area contributed by atoms with E-state index in [1.54, 1.807) is 28.8 Å². The molecule has 1 fully saturated rings. The lowest BCUT2D eigenvalue weighted by Crippen LogP contribution is -2.30. The number of methoxy groups -OCH3 is 1. The number of nitrogens with zero attached hydrogens (tertiary/aromatic N) is 4. The average molecular weight is 476 g/mol. The van der Waals surface area contributed by atoms with E-state index in [1.807, 2.05) is 12.3 Å². The summed E-state index contributed by atoms with van der Waals surface area (Å²) in [6.07, 6.45) is 6.62. The van der Waals surface area contributed by atoms with E-state index in [2.05, 4.69) is 23.0 Å². The van der Waals surface area contributed by atoms with Gasteiger partial charge in [0.15, 0.2) is 6.29 Å². The number of nitrogen functional groups attached to an aromatic ring is 1. The molecule has 2 aliphatic heterocycles. The molecule has 3 aromatic rings. The van der Waals surface area contributed by atoms with Crippen molar-refractivity contribution < 1.29 is 19.1 Å². The first-order valence-corrected chi connectivity index (χ1v) is 11.9. The number of hydrogen-bond donors (Lipinski definition) is 1. The highest BCUT2D eigenvalue weighted by Crippen LogP contribution is 2.33. The molecule has 1 aromatic carbocycles. The summed E-state index contributed by atoms with van der Waals surface area (Å²) in [4.78, 5) is 36.3. The van der Waals surface area contributed by atoms with Gasteiger partial charge in [0.25, 0.3) is 5.91 Å². The molecule has 0 saturated carbocycles. The lowest BCUT2D eigenvalue weighted by Gasteiger charge is -2.21. The molecule has 2 aliphatic rings. The van der Waals surface area contributed by atoms with Crippen LogP contribution >= 0.6 is 0 Å². The highest BCUT2D eigenvalue weighted by atomic mass is 16.5. The molecule has 35 heavy (non-hydrogen) atoms. The van der Waals surface area contributed by atoms with Crippen LogP contribution in [0.25, 0.3) is 5.69 Å². The number of amides is 1. The Morgan fingerprint density at radius 3 is 2.86 bits per heavy atom. The van der Waals surface area contributed by atoms with Crippen molar-refractivity contribution in [2.24, 2.45) is 0 Å². The summed E-state index contributed by atoms with van der Waals surface area (Å²) in [6, 6.07) is 5.62. The van der Waals surface area contributed by atoms with E-state index in [1.165, 1.54) is 0 Å². The number of nitrogens with two attached hydrogens (primary N) is 1. The summed E-state index contributed by atoms with van der Waals surface area (Å²) in [5.41, 5.74) is 11.3. The van der Waals surface area contributed by atoms with Crippen LogP contribution in [0.1, 0.15) is 62.6 Å². The van der Waals surface area contributed by atoms with Gasteiger partial charge >= 0.3 is 0 Å². The van der Waals surface area contributed by atoms with E-state index < -0.39 is 0 Å². The molecule has 1 amide bonds. The van der Waals surface area contributed by atoms with E-state index in [9.17, 15) is 9.59 Å². The number of carbonyl (C=O) groups is 2. The number of pyridine rings is 1. The maximum Gasteiger partial charge on any atom is 0.259 e. The van der Waals surface area contributed by atoms with Crippen molar-refractivity contribution in [3.63, 3.8) is 0 Å². The Bertz CT molecular complexity index is 1280. The summed E-state index contributed by atoms with van der Waals surface area (Å²) in [7, 11) is 1.58. The fourth-order valence-corrected chi connectivity index (χ4v) is 4.92. The van der Waals surface area contributed by atoms with Crippen LogP contribution in [0.4, 0.5) is 11.5 Å². The van der Waals surface area contributed by atoms with Gasteiger partial charge in [0.1, 0.15) is 17.3 Å². The van der Waals surface area contributed by atoms with Gasteiger partial charge in [-0.25, -0.2) is 9.97 Å². The standard InChI is InChI=1S/C26H29N5O4/c1-3-16-8-17-4-6-30(24(17)28-11-16)26(33)21-10-22(27)23(9-19(21)14-34-2)31-20(13-32)12-29-25(31)18-5-7-35-15-18/h8-13,18H,3-7,14-15,27H2,1-2H3. The Labute approximate surface area is 203 Å². The van der Waals surface area contributed by atoms with Crippen molar-refractivity contribution in [2.75, 3.05) is 37.5 Å². The Morgan fingerprint density at radius 2 is 2.14 bits per heavy atom. The molecular weight excluding hydrogens is 446 g/mol. The van der Waals surface area contributed by atoms with Crippen molar-refractivity contribution >= 4 is 23.7 Å². The van der Waals surface area contributed by atoms with Crippen LogP contribution in [-0.4, -0.2) is 53.6 Å². The molecule has 4 heterocycles. The fraction of sp³-hybridized carbons (Fsp3) is 0.385. The number of hydrogen-bond acceptors (Lipinski definition) is 7. The van der Waals surface area contributed by atoms with Crippen LogP contribution in [-0.2, 0) is 28.9 Å². The lowest BCUT2D eigenvalue weighted by molar-refractivity contribution is 0.0983. The van der Waals surface area contributed by atoms with Gasteiger partial charge in [0, 0.05) is 37.9 Å². The second kappa shape index (κ2) is 9.59. The molecule has 5 rings (SSSR count). The molecule has 182 valence electrons. The Morgan fingerprint density at radius 1 is 1.29 bits per heavy atom. The average Bonchev–Trinajstić information content (AvgIpc) is 3.63. The Kier molecular flexibility index (Phi) is 6.36. The van der Waals surface area contributed by atoms with Crippen LogP contribution in [0.15, 0.2) is 30.6 Å². The van der Waals surface area contributed by atoms with Gasteiger partial charge in [0.05, 0.1) is 30.8 Å². The molecule has 1 unspecified atom stereocenters. The molecule has 1 atom stereocenters. The highest BCUT2D eigenvalue weighted by Gasteiger charge is 2.30. The molecular formula is C26H29N5O4. The molecule has 9 heteroatoms. The topological polar surface area (TPSA) is 113 Å². The van der Waals surface area contributed by atoms with Gasteiger partial charge in [-0.15, -0.1) is 0 Å². The van der Waals surface area contributed by atoms with Gasteiger partial charge in [0.2, 0.25) is 0 Å². The zero-order chi connectivity index (χ0) is 24.5. The largest absolute Gasteiger partial charge is 0.397 e. The van der Waals surface area contributed by atoms with E-state index in [0.717, 1.165) is 42.5 Å². The van der Waals surface area contributed by atoms with Crippen molar-refractivity contribution in [1.82, 2.24) is 14.5 Å². The number of fused-ring (bicyclic) bond motifs is 1. The van der Waals surface area contributed by atoms with Crippen molar-refractivity contribution in [2.45, 2.75) is 38.7 Å². The lowest BCUT2D eigenvalue weighted by atomic mass is 10.0. The molecule has 2 aromatic heterocycles. The summed E-state index contributed by atoms with van der Waals surface area (Å²) in [5.74, 6) is 1.31. The molecule has 0 bridgehead atoms. The SMILES string of the molecule is CCc1cnc2c(c1)CCN2C(=O)c1cc(N)c(-n2c(C=O)cnc2C2CCOC2)cc1COC. The number of rotatable bonds is 7. The monoisotopic (exact) mass is 475 g/mol. The predicted octanol–water partition coefficient (Wildman–Crippen LogP) is 3.08. The molecule has 0 spiro atoms. The van der Waals surface area contributed by atoms with E-state index >= 15 is 0 Å². The first kappa shape index (κ1) is 23.2. The third-order valence-corrected chi connectivity index (χ3v) is 6.77. The van der Waals surface area contributed by atoms with E-state index in [0.29, 0.717) is 53.8 Å². The number of ether oxygens (including phenoxy) is 2. The molecule has 1 saturated heterocycles. The van der Waals surface area contributed by atoms with Gasteiger partial charge in [-0.2, -0.15) is 0 Å². The molecule has 0 aliphatic carbocycles. The number of benzene rings is 1. The van der Waals surface area contributed by atoms with Crippen LogP contribution in [0.2, 0.25) is 0 Å². The maximum absolute atomic E-state index is 13.7. The van der Waals surface area contributed by atoms with Crippen LogP contribution in [0.3, 0.4) is 0 Å². The van der Waals surface area contributed by atoms with Crippen LogP contribution in [0.5, 0.6) is 0 Å².